The number of hydrogen-bond acceptors (Lipinski definition) is 9. The summed E-state index contributed by atoms with van der Waals surface area (Å²) in [6.07, 6.45) is 0.569. The van der Waals surface area contributed by atoms with Crippen LogP contribution in [0.4, 0.5) is 5.82 Å². The van der Waals surface area contributed by atoms with Crippen molar-refractivity contribution in [3.8, 4) is 5.88 Å². The number of rotatable bonds is 11. The van der Waals surface area contributed by atoms with Gasteiger partial charge in [0.05, 0.1) is 36.4 Å². The van der Waals surface area contributed by atoms with Gasteiger partial charge in [0.1, 0.15) is 11.4 Å². The number of anilines is 1. The van der Waals surface area contributed by atoms with E-state index in [4.69, 9.17) is 31.5 Å². The third-order valence-electron chi connectivity index (χ3n) is 6.07. The van der Waals surface area contributed by atoms with Crippen LogP contribution in [0.3, 0.4) is 0 Å². The molecule has 10 nitrogen and oxygen atoms in total. The van der Waals surface area contributed by atoms with E-state index in [1.165, 1.54) is 13.2 Å². The summed E-state index contributed by atoms with van der Waals surface area (Å²) in [7, 11) is 3.07. The average Bonchev–Trinajstić information content (AvgIpc) is 2.89. The molecule has 1 aliphatic rings. The largest absolute Gasteiger partial charge is 0.480 e. The highest BCUT2D eigenvalue weighted by Gasteiger charge is 2.31. The summed E-state index contributed by atoms with van der Waals surface area (Å²) in [5.41, 5.74) is 7.59. The van der Waals surface area contributed by atoms with Crippen LogP contribution in [0.25, 0.3) is 0 Å². The van der Waals surface area contributed by atoms with Crippen molar-refractivity contribution in [2.24, 2.45) is 0 Å². The summed E-state index contributed by atoms with van der Waals surface area (Å²) in [5.74, 6) is -0.410. The number of pyridine rings is 1. The van der Waals surface area contributed by atoms with Gasteiger partial charge in [0.15, 0.2) is 0 Å². The predicted octanol–water partition coefficient (Wildman–Crippen LogP) is 2.11. The minimum absolute atomic E-state index is 0.107. The number of carbonyl (C=O) groups excluding carboxylic acids is 2. The molecule has 3 rings (SSSR count). The summed E-state index contributed by atoms with van der Waals surface area (Å²) >= 11 is 6.06. The van der Waals surface area contributed by atoms with E-state index in [0.29, 0.717) is 25.3 Å². The number of likely N-dealkylation sites (tertiary alicyclic amines) is 1. The maximum Gasteiger partial charge on any atom is 0.338 e. The van der Waals surface area contributed by atoms with E-state index in [2.05, 4.69) is 20.5 Å². The van der Waals surface area contributed by atoms with Gasteiger partial charge in [-0.15, -0.1) is 0 Å². The molecule has 1 fully saturated rings. The van der Waals surface area contributed by atoms with Crippen molar-refractivity contribution in [2.45, 2.75) is 32.0 Å². The normalized spacial score (nSPS) is 18.0. The number of nitrogen functional groups attached to an aromatic ring is 1. The molecule has 2 aromatic rings. The lowest BCUT2D eigenvalue weighted by Gasteiger charge is -2.38. The van der Waals surface area contributed by atoms with E-state index < -0.39 is 0 Å². The first-order chi connectivity index (χ1) is 17.4. The number of benzene rings is 1. The zero-order valence-electron chi connectivity index (χ0n) is 20.9. The molecule has 0 aliphatic carbocycles. The lowest BCUT2D eigenvalue weighted by atomic mass is 10.0. The number of piperidine rings is 1. The van der Waals surface area contributed by atoms with Crippen molar-refractivity contribution in [3.63, 3.8) is 0 Å². The van der Waals surface area contributed by atoms with Crippen LogP contribution in [0.5, 0.6) is 5.88 Å². The monoisotopic (exact) mass is 519 g/mol. The van der Waals surface area contributed by atoms with Crippen LogP contribution in [0, 0.1) is 0 Å². The van der Waals surface area contributed by atoms with Crippen LogP contribution in [0.2, 0.25) is 5.02 Å². The van der Waals surface area contributed by atoms with Gasteiger partial charge in [-0.2, -0.15) is 4.98 Å². The van der Waals surface area contributed by atoms with Crippen LogP contribution in [0.1, 0.15) is 39.6 Å². The number of esters is 1. The third-order valence-corrected chi connectivity index (χ3v) is 6.37. The number of methoxy groups -OCH3 is 2. The second-order valence-corrected chi connectivity index (χ2v) is 8.86. The lowest BCUT2D eigenvalue weighted by Crippen LogP contribution is -2.55. The molecule has 0 unspecified atom stereocenters. The zero-order valence-corrected chi connectivity index (χ0v) is 21.6. The van der Waals surface area contributed by atoms with Crippen molar-refractivity contribution in [3.05, 3.63) is 52.0 Å². The topological polar surface area (TPSA) is 128 Å². The first kappa shape index (κ1) is 27.7. The Hall–Kier alpha value is -2.92. The Bertz CT molecular complexity index is 1040. The minimum Gasteiger partial charge on any atom is -0.480 e. The molecule has 0 bridgehead atoms. The molecule has 1 saturated heterocycles. The van der Waals surface area contributed by atoms with Gasteiger partial charge in [0.25, 0.3) is 5.91 Å². The molecule has 11 heteroatoms. The van der Waals surface area contributed by atoms with Gasteiger partial charge in [0, 0.05) is 39.8 Å². The Labute approximate surface area is 216 Å². The van der Waals surface area contributed by atoms with Gasteiger partial charge < -0.3 is 30.6 Å². The highest BCUT2D eigenvalue weighted by Crippen LogP contribution is 2.25. The second kappa shape index (κ2) is 13.4. The summed E-state index contributed by atoms with van der Waals surface area (Å²) in [6.45, 7) is 5.99. The zero-order chi connectivity index (χ0) is 26.1. The molecule has 4 N–H and O–H groups in total. The molecule has 36 heavy (non-hydrogen) atoms. The van der Waals surface area contributed by atoms with Gasteiger partial charge in [-0.25, -0.2) is 4.79 Å². The van der Waals surface area contributed by atoms with Crippen LogP contribution in [-0.2, 0) is 16.0 Å². The lowest BCUT2D eigenvalue weighted by molar-refractivity contribution is 0.00676. The second-order valence-electron chi connectivity index (χ2n) is 8.45. The Balaban J connectivity index is 1.45. The molecule has 0 saturated carbocycles. The quantitative estimate of drug-likeness (QED) is 0.302. The van der Waals surface area contributed by atoms with Crippen LogP contribution in [-0.4, -0.2) is 80.9 Å². The standard InChI is InChI=1S/C25H34ClN5O5/c1-4-36-25(33)17-7-5-16(6-8-17)14-28-10-12-31-11-9-20(21(15-31)34-2)29-23(32)18-13-19(26)22(27)30-24(18)35-3/h5-8,13,20-21,28H,4,9-12,14-15H2,1-3H3,(H2,27,30)(H,29,32)/t20-,21+/m0/s1. The first-order valence-electron chi connectivity index (χ1n) is 11.9. The molecule has 0 radical (unpaired) electrons. The van der Waals surface area contributed by atoms with Crippen LogP contribution in [0.15, 0.2) is 30.3 Å². The molecule has 196 valence electrons. The molecule has 1 amide bonds. The fraction of sp³-hybridized carbons (Fsp3) is 0.480. The predicted molar refractivity (Wildman–Crippen MR) is 137 cm³/mol. The Morgan fingerprint density at radius 1 is 1.25 bits per heavy atom. The Kier molecular flexibility index (Phi) is 10.3. The van der Waals surface area contributed by atoms with Crippen molar-refractivity contribution < 1.29 is 23.8 Å². The van der Waals surface area contributed by atoms with Gasteiger partial charge in [-0.1, -0.05) is 23.7 Å². The minimum atomic E-state index is -0.336. The molecule has 1 aliphatic heterocycles. The molecular formula is C25H34ClN5O5. The van der Waals surface area contributed by atoms with Gasteiger partial charge in [-0.3, -0.25) is 9.69 Å². The maximum atomic E-state index is 12.9. The molecule has 0 spiro atoms. The average molecular weight is 520 g/mol. The number of nitrogens with two attached hydrogens (primary N) is 1. The SMILES string of the molecule is CCOC(=O)c1ccc(CNCCN2CC[C@H](NC(=O)c3cc(Cl)c(N)nc3OC)[C@H](OC)C2)cc1. The van der Waals surface area contributed by atoms with E-state index in [0.717, 1.165) is 31.6 Å². The molecule has 1 aromatic carbocycles. The summed E-state index contributed by atoms with van der Waals surface area (Å²) in [6, 6.07) is 8.71. The fourth-order valence-corrected chi connectivity index (χ4v) is 4.23. The van der Waals surface area contributed by atoms with Crippen molar-refractivity contribution in [1.29, 1.82) is 0 Å². The number of amides is 1. The summed E-state index contributed by atoms with van der Waals surface area (Å²) in [5, 5.41) is 6.66. The summed E-state index contributed by atoms with van der Waals surface area (Å²) < 4.78 is 15.9. The molecular weight excluding hydrogens is 486 g/mol. The summed E-state index contributed by atoms with van der Waals surface area (Å²) in [4.78, 5) is 31.0. The highest BCUT2D eigenvalue weighted by molar-refractivity contribution is 6.33. The number of nitrogens with one attached hydrogen (secondary N) is 2. The smallest absolute Gasteiger partial charge is 0.338 e. The van der Waals surface area contributed by atoms with Crippen molar-refractivity contribution in [2.75, 3.05) is 52.7 Å². The molecule has 1 aromatic heterocycles. The first-order valence-corrected chi connectivity index (χ1v) is 12.3. The molecule has 2 atom stereocenters. The fourth-order valence-electron chi connectivity index (χ4n) is 4.08. The van der Waals surface area contributed by atoms with E-state index in [1.54, 1.807) is 26.2 Å². The van der Waals surface area contributed by atoms with E-state index in [9.17, 15) is 9.59 Å². The van der Waals surface area contributed by atoms with Crippen LogP contribution >= 0.6 is 11.6 Å². The van der Waals surface area contributed by atoms with Crippen molar-refractivity contribution in [1.82, 2.24) is 20.5 Å². The number of halogens is 1. The highest BCUT2D eigenvalue weighted by atomic mass is 35.5. The van der Waals surface area contributed by atoms with Gasteiger partial charge in [-0.05, 0) is 37.1 Å². The van der Waals surface area contributed by atoms with E-state index in [1.807, 2.05) is 12.1 Å². The van der Waals surface area contributed by atoms with Crippen LogP contribution < -0.4 is 21.1 Å². The van der Waals surface area contributed by atoms with Gasteiger partial charge in [0.2, 0.25) is 5.88 Å². The van der Waals surface area contributed by atoms with Gasteiger partial charge >= 0.3 is 5.97 Å². The number of aromatic nitrogens is 1. The maximum absolute atomic E-state index is 12.9. The molecule has 2 heterocycles. The van der Waals surface area contributed by atoms with E-state index in [-0.39, 0.29) is 46.3 Å². The number of hydrogen-bond donors (Lipinski definition) is 3. The van der Waals surface area contributed by atoms with Crippen molar-refractivity contribution >= 4 is 29.3 Å². The number of carbonyl (C=O) groups is 2. The number of nitrogens with zero attached hydrogens (tertiary/aromatic N) is 2. The van der Waals surface area contributed by atoms with E-state index >= 15 is 0 Å². The Morgan fingerprint density at radius 2 is 2.00 bits per heavy atom. The number of ether oxygens (including phenoxy) is 3. The Morgan fingerprint density at radius 3 is 2.67 bits per heavy atom. The third kappa shape index (κ3) is 7.30.